The molecule has 1 fully saturated rings. The summed E-state index contributed by atoms with van der Waals surface area (Å²) >= 11 is 3.68. The van der Waals surface area contributed by atoms with Crippen LogP contribution < -0.4 is 20.1 Å². The van der Waals surface area contributed by atoms with Crippen LogP contribution in [0.2, 0.25) is 0 Å². The second-order valence-corrected chi connectivity index (χ2v) is 8.45. The Morgan fingerprint density at radius 1 is 1.25 bits per heavy atom. The van der Waals surface area contributed by atoms with Gasteiger partial charge in [-0.25, -0.2) is 0 Å². The van der Waals surface area contributed by atoms with E-state index >= 15 is 0 Å². The van der Waals surface area contributed by atoms with Gasteiger partial charge in [0.25, 0.3) is 5.91 Å². The van der Waals surface area contributed by atoms with E-state index in [0.717, 1.165) is 21.2 Å². The molecule has 1 aliphatic heterocycles. The van der Waals surface area contributed by atoms with Gasteiger partial charge in [-0.2, -0.15) is 0 Å². The zero-order valence-electron chi connectivity index (χ0n) is 16.0. The summed E-state index contributed by atoms with van der Waals surface area (Å²) in [6, 6.07) is 12.1. The predicted molar refractivity (Wildman–Crippen MR) is 124 cm³/mol. The molecule has 0 aliphatic carbocycles. The average molecular weight is 510 g/mol. The van der Waals surface area contributed by atoms with Crippen LogP contribution in [0.15, 0.2) is 41.3 Å². The first-order chi connectivity index (χ1) is 13.5. The first-order valence-electron chi connectivity index (χ1n) is 9.09. The van der Waals surface area contributed by atoms with Crippen molar-refractivity contribution in [1.29, 1.82) is 0 Å². The number of amides is 1. The van der Waals surface area contributed by atoms with Crippen LogP contribution in [-0.2, 0) is 11.2 Å². The van der Waals surface area contributed by atoms with E-state index in [1.54, 1.807) is 7.11 Å². The average Bonchev–Trinajstić information content (AvgIpc) is 3.01. The molecule has 2 aromatic carbocycles. The zero-order valence-corrected chi connectivity index (χ0v) is 19.0. The summed E-state index contributed by atoms with van der Waals surface area (Å²) in [5.74, 6) is 1.30. The lowest BCUT2D eigenvalue weighted by Gasteiger charge is -2.13. The van der Waals surface area contributed by atoms with E-state index in [2.05, 4.69) is 52.3 Å². The summed E-state index contributed by atoms with van der Waals surface area (Å²) in [7, 11) is 1.63. The molecule has 1 atom stereocenters. The molecule has 5 nitrogen and oxygen atoms in total. The number of thioether (sulfide) groups is 1. The maximum absolute atomic E-state index is 12.4. The Morgan fingerprint density at radius 3 is 2.64 bits per heavy atom. The van der Waals surface area contributed by atoms with E-state index in [0.29, 0.717) is 23.0 Å². The molecule has 0 radical (unpaired) electrons. The lowest BCUT2D eigenvalue weighted by molar-refractivity contribution is -0.116. The fraction of sp³-hybridized carbons (Fsp3) is 0.286. The van der Waals surface area contributed by atoms with Crippen LogP contribution >= 0.6 is 34.4 Å². The number of carbonyl (C=O) groups is 1. The van der Waals surface area contributed by atoms with Gasteiger partial charge in [0.2, 0.25) is 0 Å². The third-order valence-corrected chi connectivity index (χ3v) is 6.05. The lowest BCUT2D eigenvalue weighted by Crippen LogP contribution is -2.30. The molecule has 1 aliphatic rings. The van der Waals surface area contributed by atoms with Crippen molar-refractivity contribution in [1.82, 2.24) is 5.32 Å². The number of rotatable bonds is 7. The smallest absolute Gasteiger partial charge is 0.260 e. The van der Waals surface area contributed by atoms with Crippen LogP contribution in [0.25, 0.3) is 6.08 Å². The Bertz CT molecular complexity index is 884. The number of halogens is 1. The molecule has 0 saturated carbocycles. The van der Waals surface area contributed by atoms with E-state index in [9.17, 15) is 4.79 Å². The quantitative estimate of drug-likeness (QED) is 0.412. The molecule has 2 N–H and O–H groups in total. The first-order valence-corrected chi connectivity index (χ1v) is 11.0. The zero-order chi connectivity index (χ0) is 20.1. The molecular weight excluding hydrogens is 487 g/mol. The highest BCUT2D eigenvalue weighted by Gasteiger charge is 2.27. The van der Waals surface area contributed by atoms with Gasteiger partial charge in [0.1, 0.15) is 0 Å². The molecule has 0 spiro atoms. The number of nitrogens with one attached hydrogen (secondary N) is 2. The Morgan fingerprint density at radius 2 is 2.00 bits per heavy atom. The second-order valence-electron chi connectivity index (χ2n) is 6.14. The van der Waals surface area contributed by atoms with Gasteiger partial charge in [-0.1, -0.05) is 30.8 Å². The van der Waals surface area contributed by atoms with Crippen molar-refractivity contribution >= 4 is 52.0 Å². The van der Waals surface area contributed by atoms with Crippen LogP contribution in [0, 0.1) is 3.57 Å². The van der Waals surface area contributed by atoms with E-state index < -0.39 is 0 Å². The third kappa shape index (κ3) is 4.94. The highest BCUT2D eigenvalue weighted by atomic mass is 127. The van der Waals surface area contributed by atoms with Gasteiger partial charge in [-0.3, -0.25) is 4.79 Å². The Balaban J connectivity index is 1.76. The Kier molecular flexibility index (Phi) is 7.12. The van der Waals surface area contributed by atoms with E-state index in [1.165, 1.54) is 17.3 Å². The SMILES string of the molecule is CCOc1cc(/C=C2\S[C@@H](Nc3ccc(CC)cc3)NC2=O)cc(I)c1OC. The molecular formula is C21H23IN2O3S. The minimum absolute atomic E-state index is 0.0866. The van der Waals surface area contributed by atoms with Crippen LogP contribution in [0.1, 0.15) is 25.0 Å². The van der Waals surface area contributed by atoms with Gasteiger partial charge in [0.15, 0.2) is 17.0 Å². The van der Waals surface area contributed by atoms with E-state index in [1.807, 2.05) is 37.3 Å². The number of aryl methyl sites for hydroxylation is 1. The monoisotopic (exact) mass is 510 g/mol. The summed E-state index contributed by atoms with van der Waals surface area (Å²) in [4.78, 5) is 13.1. The Hall–Kier alpha value is -1.87. The molecule has 1 saturated heterocycles. The maximum atomic E-state index is 12.4. The maximum Gasteiger partial charge on any atom is 0.260 e. The topological polar surface area (TPSA) is 59.6 Å². The number of benzene rings is 2. The highest BCUT2D eigenvalue weighted by molar-refractivity contribution is 14.1. The number of methoxy groups -OCH3 is 1. The fourth-order valence-corrected chi connectivity index (χ4v) is 4.67. The molecule has 3 rings (SSSR count). The second kappa shape index (κ2) is 9.56. The van der Waals surface area contributed by atoms with Crippen molar-refractivity contribution in [2.45, 2.75) is 25.8 Å². The van der Waals surface area contributed by atoms with Crippen molar-refractivity contribution in [3.05, 3.63) is 56.0 Å². The summed E-state index contributed by atoms with van der Waals surface area (Å²) in [5, 5.41) is 6.31. The van der Waals surface area contributed by atoms with Crippen molar-refractivity contribution in [3.8, 4) is 11.5 Å². The molecule has 1 amide bonds. The van der Waals surface area contributed by atoms with Gasteiger partial charge >= 0.3 is 0 Å². The van der Waals surface area contributed by atoms with Crippen molar-refractivity contribution in [2.24, 2.45) is 0 Å². The number of carbonyl (C=O) groups excluding carboxylic acids is 1. The van der Waals surface area contributed by atoms with Gasteiger partial charge in [-0.05, 0) is 77.4 Å². The number of hydrogen-bond acceptors (Lipinski definition) is 5. The number of ether oxygens (including phenoxy) is 2. The highest BCUT2D eigenvalue weighted by Crippen LogP contribution is 2.36. The minimum Gasteiger partial charge on any atom is -0.492 e. The van der Waals surface area contributed by atoms with Gasteiger partial charge in [-0.15, -0.1) is 0 Å². The van der Waals surface area contributed by atoms with Crippen molar-refractivity contribution in [2.75, 3.05) is 19.0 Å². The standard InChI is InChI=1S/C21H23IN2O3S/c1-4-13-6-8-15(9-7-13)23-21-24-20(25)18(28-21)12-14-10-16(22)19(26-3)17(11-14)27-5-2/h6-12,21,23H,4-5H2,1-3H3,(H,24,25)/b18-12-/t21-/m0/s1. The molecule has 0 aromatic heterocycles. The summed E-state index contributed by atoms with van der Waals surface area (Å²) in [5.41, 5.74) is 2.97. The molecule has 148 valence electrons. The molecule has 7 heteroatoms. The normalized spacial score (nSPS) is 17.5. The van der Waals surface area contributed by atoms with Gasteiger partial charge in [0, 0.05) is 5.69 Å². The molecule has 2 aromatic rings. The van der Waals surface area contributed by atoms with E-state index in [4.69, 9.17) is 9.47 Å². The number of anilines is 1. The lowest BCUT2D eigenvalue weighted by atomic mass is 10.1. The van der Waals surface area contributed by atoms with Crippen LogP contribution in [0.4, 0.5) is 5.69 Å². The first kappa shape index (κ1) is 20.9. The summed E-state index contributed by atoms with van der Waals surface area (Å²) in [6.07, 6.45) is 2.89. The van der Waals surface area contributed by atoms with Gasteiger partial charge < -0.3 is 20.1 Å². The fourth-order valence-electron chi connectivity index (χ4n) is 2.84. The van der Waals surface area contributed by atoms with Crippen LogP contribution in [0.3, 0.4) is 0 Å². The molecule has 0 unspecified atom stereocenters. The van der Waals surface area contributed by atoms with Crippen molar-refractivity contribution in [3.63, 3.8) is 0 Å². The van der Waals surface area contributed by atoms with Crippen LogP contribution in [0.5, 0.6) is 11.5 Å². The summed E-state index contributed by atoms with van der Waals surface area (Å²) < 4.78 is 12.0. The van der Waals surface area contributed by atoms with E-state index in [-0.39, 0.29) is 11.4 Å². The molecule has 1 heterocycles. The summed E-state index contributed by atoms with van der Waals surface area (Å²) in [6.45, 7) is 4.61. The van der Waals surface area contributed by atoms with Crippen LogP contribution in [-0.4, -0.2) is 25.1 Å². The third-order valence-electron chi connectivity index (χ3n) is 4.22. The Labute approximate surface area is 183 Å². The van der Waals surface area contributed by atoms with Crippen molar-refractivity contribution < 1.29 is 14.3 Å². The largest absolute Gasteiger partial charge is 0.492 e. The molecule has 0 bridgehead atoms. The predicted octanol–water partition coefficient (Wildman–Crippen LogP) is 4.86. The minimum atomic E-state index is -0.199. The van der Waals surface area contributed by atoms with Gasteiger partial charge in [0.05, 0.1) is 22.2 Å². The number of hydrogen-bond donors (Lipinski definition) is 2. The molecule has 28 heavy (non-hydrogen) atoms.